The molecule has 1 atom stereocenters. The molecule has 2 aliphatic heterocycles. The van der Waals surface area contributed by atoms with Gasteiger partial charge in [-0.05, 0) is 52.1 Å². The van der Waals surface area contributed by atoms with E-state index in [9.17, 15) is 0 Å². The van der Waals surface area contributed by atoms with Crippen molar-refractivity contribution in [1.29, 1.82) is 0 Å². The van der Waals surface area contributed by atoms with Gasteiger partial charge in [0, 0.05) is 19.1 Å². The third-order valence-corrected chi connectivity index (χ3v) is 4.09. The maximum atomic E-state index is 5.67. The van der Waals surface area contributed by atoms with Crippen LogP contribution in [0, 0.1) is 5.92 Å². The first-order valence-corrected chi connectivity index (χ1v) is 7.40. The van der Waals surface area contributed by atoms with E-state index in [2.05, 4.69) is 24.1 Å². The molecule has 2 fully saturated rings. The summed E-state index contributed by atoms with van der Waals surface area (Å²) in [5.41, 5.74) is 0. The maximum absolute atomic E-state index is 5.67. The molecule has 1 N–H and O–H groups in total. The topological polar surface area (TPSA) is 33.7 Å². The Labute approximate surface area is 111 Å². The molecule has 2 saturated heterocycles. The third-order valence-electron chi connectivity index (χ3n) is 4.09. The second-order valence-electron chi connectivity index (χ2n) is 5.84. The van der Waals surface area contributed by atoms with Gasteiger partial charge in [-0.15, -0.1) is 0 Å². The van der Waals surface area contributed by atoms with E-state index < -0.39 is 0 Å². The molecule has 0 radical (unpaired) electrons. The lowest BCUT2D eigenvalue weighted by atomic mass is 9.97. The lowest BCUT2D eigenvalue weighted by Crippen LogP contribution is -2.44. The van der Waals surface area contributed by atoms with Gasteiger partial charge in [-0.25, -0.2) is 0 Å². The van der Waals surface area contributed by atoms with Gasteiger partial charge in [-0.2, -0.15) is 0 Å². The molecule has 106 valence electrons. The minimum absolute atomic E-state index is 0.364. The minimum atomic E-state index is 0.364. The molecule has 0 aliphatic carbocycles. The van der Waals surface area contributed by atoms with Crippen LogP contribution in [0.5, 0.6) is 0 Å². The van der Waals surface area contributed by atoms with Gasteiger partial charge in [0.15, 0.2) is 0 Å². The molecule has 18 heavy (non-hydrogen) atoms. The molecule has 2 heterocycles. The second kappa shape index (κ2) is 7.43. The van der Waals surface area contributed by atoms with Crippen molar-refractivity contribution >= 4 is 0 Å². The van der Waals surface area contributed by atoms with Gasteiger partial charge in [-0.1, -0.05) is 0 Å². The Morgan fingerprint density at radius 1 is 1.17 bits per heavy atom. The Hall–Kier alpha value is -0.160. The van der Waals surface area contributed by atoms with E-state index in [0.717, 1.165) is 25.5 Å². The van der Waals surface area contributed by atoms with Crippen LogP contribution in [0.15, 0.2) is 0 Å². The summed E-state index contributed by atoms with van der Waals surface area (Å²) in [5, 5.41) is 3.44. The van der Waals surface area contributed by atoms with E-state index in [4.69, 9.17) is 9.47 Å². The lowest BCUT2D eigenvalue weighted by molar-refractivity contribution is -0.146. The molecule has 4 heteroatoms. The van der Waals surface area contributed by atoms with E-state index in [1.165, 1.54) is 32.5 Å². The SMILES string of the molecule is CC(C)N(CC1CCNCC1)CC1CCOCO1. The van der Waals surface area contributed by atoms with Crippen molar-refractivity contribution in [3.63, 3.8) is 0 Å². The summed E-state index contributed by atoms with van der Waals surface area (Å²) in [6.07, 6.45) is 4.04. The van der Waals surface area contributed by atoms with E-state index in [1.54, 1.807) is 0 Å². The summed E-state index contributed by atoms with van der Waals surface area (Å²) in [4.78, 5) is 2.59. The summed E-state index contributed by atoms with van der Waals surface area (Å²) >= 11 is 0. The average Bonchev–Trinajstić information content (AvgIpc) is 2.40. The Bertz CT molecular complexity index is 204. The molecule has 0 saturated carbocycles. The summed E-state index contributed by atoms with van der Waals surface area (Å²) in [6, 6.07) is 0.603. The Morgan fingerprint density at radius 3 is 2.56 bits per heavy atom. The third kappa shape index (κ3) is 4.50. The zero-order valence-corrected chi connectivity index (χ0v) is 11.9. The van der Waals surface area contributed by atoms with Gasteiger partial charge >= 0.3 is 0 Å². The van der Waals surface area contributed by atoms with Gasteiger partial charge < -0.3 is 14.8 Å². The van der Waals surface area contributed by atoms with Crippen LogP contribution in [-0.2, 0) is 9.47 Å². The predicted molar refractivity (Wildman–Crippen MR) is 72.6 cm³/mol. The van der Waals surface area contributed by atoms with Crippen molar-refractivity contribution < 1.29 is 9.47 Å². The van der Waals surface area contributed by atoms with Crippen molar-refractivity contribution in [3.8, 4) is 0 Å². The van der Waals surface area contributed by atoms with Crippen LogP contribution in [0.4, 0.5) is 0 Å². The first-order chi connectivity index (χ1) is 8.75. The number of nitrogens with one attached hydrogen (secondary N) is 1. The largest absolute Gasteiger partial charge is 0.355 e. The second-order valence-corrected chi connectivity index (χ2v) is 5.84. The van der Waals surface area contributed by atoms with E-state index >= 15 is 0 Å². The first kappa shape index (κ1) is 14.3. The van der Waals surface area contributed by atoms with Crippen LogP contribution in [0.3, 0.4) is 0 Å². The standard InChI is InChI=1S/C14H28N2O2/c1-12(2)16(9-13-3-6-15-7-4-13)10-14-5-8-17-11-18-14/h12-15H,3-11H2,1-2H3. The normalized spacial score (nSPS) is 27.0. The van der Waals surface area contributed by atoms with Crippen molar-refractivity contribution in [2.24, 2.45) is 5.92 Å². The smallest absolute Gasteiger partial charge is 0.147 e. The van der Waals surface area contributed by atoms with Gasteiger partial charge in [0.25, 0.3) is 0 Å². The van der Waals surface area contributed by atoms with Crippen LogP contribution in [0.2, 0.25) is 0 Å². The monoisotopic (exact) mass is 256 g/mol. The van der Waals surface area contributed by atoms with Crippen LogP contribution in [0.1, 0.15) is 33.1 Å². The number of piperidine rings is 1. The van der Waals surface area contributed by atoms with Gasteiger partial charge in [-0.3, -0.25) is 4.90 Å². The van der Waals surface area contributed by atoms with Gasteiger partial charge in [0.05, 0.1) is 12.7 Å². The van der Waals surface area contributed by atoms with Crippen LogP contribution in [-0.4, -0.2) is 56.6 Å². The quantitative estimate of drug-likeness (QED) is 0.807. The van der Waals surface area contributed by atoms with Crippen molar-refractivity contribution in [2.45, 2.75) is 45.3 Å². The number of rotatable bonds is 5. The van der Waals surface area contributed by atoms with Crippen molar-refractivity contribution in [3.05, 3.63) is 0 Å². The number of hydrogen-bond donors (Lipinski definition) is 1. The van der Waals surface area contributed by atoms with E-state index in [0.29, 0.717) is 18.9 Å². The fourth-order valence-corrected chi connectivity index (χ4v) is 2.80. The van der Waals surface area contributed by atoms with Crippen LogP contribution in [0.25, 0.3) is 0 Å². The molecule has 2 rings (SSSR count). The Balaban J connectivity index is 1.78. The van der Waals surface area contributed by atoms with Gasteiger partial charge in [0.2, 0.25) is 0 Å². The fraction of sp³-hybridized carbons (Fsp3) is 1.00. The van der Waals surface area contributed by atoms with Crippen molar-refractivity contribution in [2.75, 3.05) is 39.6 Å². The minimum Gasteiger partial charge on any atom is -0.355 e. The molecule has 0 aromatic heterocycles. The molecule has 0 aromatic carbocycles. The molecular weight excluding hydrogens is 228 g/mol. The Morgan fingerprint density at radius 2 is 1.94 bits per heavy atom. The van der Waals surface area contributed by atoms with Crippen molar-refractivity contribution in [1.82, 2.24) is 10.2 Å². The highest BCUT2D eigenvalue weighted by molar-refractivity contribution is 4.77. The molecule has 1 unspecified atom stereocenters. The molecule has 4 nitrogen and oxygen atoms in total. The number of ether oxygens (including phenoxy) is 2. The predicted octanol–water partition coefficient (Wildman–Crippen LogP) is 1.46. The first-order valence-electron chi connectivity index (χ1n) is 7.40. The summed E-state index contributed by atoms with van der Waals surface area (Å²) in [7, 11) is 0. The van der Waals surface area contributed by atoms with E-state index in [1.807, 2.05) is 0 Å². The summed E-state index contributed by atoms with van der Waals surface area (Å²) in [6.45, 7) is 10.6. The van der Waals surface area contributed by atoms with Gasteiger partial charge in [0.1, 0.15) is 6.79 Å². The molecule has 2 aliphatic rings. The highest BCUT2D eigenvalue weighted by Gasteiger charge is 2.23. The summed E-state index contributed by atoms with van der Waals surface area (Å²) < 4.78 is 10.9. The molecule has 0 bridgehead atoms. The molecular formula is C14H28N2O2. The maximum Gasteiger partial charge on any atom is 0.147 e. The van der Waals surface area contributed by atoms with E-state index in [-0.39, 0.29) is 0 Å². The fourth-order valence-electron chi connectivity index (χ4n) is 2.80. The van der Waals surface area contributed by atoms with Crippen LogP contribution < -0.4 is 5.32 Å². The molecule has 0 spiro atoms. The average molecular weight is 256 g/mol. The zero-order valence-electron chi connectivity index (χ0n) is 11.9. The lowest BCUT2D eigenvalue weighted by Gasteiger charge is -2.36. The molecule has 0 amide bonds. The highest BCUT2D eigenvalue weighted by Crippen LogP contribution is 2.17. The Kier molecular flexibility index (Phi) is 5.89. The van der Waals surface area contributed by atoms with Crippen LogP contribution >= 0.6 is 0 Å². The highest BCUT2D eigenvalue weighted by atomic mass is 16.7. The zero-order chi connectivity index (χ0) is 12.8. The summed E-state index contributed by atoms with van der Waals surface area (Å²) in [5.74, 6) is 0.855. The molecule has 0 aromatic rings. The number of nitrogens with zero attached hydrogens (tertiary/aromatic N) is 1. The number of hydrogen-bond acceptors (Lipinski definition) is 4.